The lowest BCUT2D eigenvalue weighted by atomic mass is 9.75. The molecule has 3 unspecified atom stereocenters. The smallest absolute Gasteiger partial charge is 0.222 e. The first-order chi connectivity index (χ1) is 18.6. The Labute approximate surface area is 232 Å². The average Bonchev–Trinajstić information content (AvgIpc) is 3.25. The zero-order valence-electron chi connectivity index (χ0n) is 24.1. The second-order valence-electron chi connectivity index (χ2n) is 10.4. The quantitative estimate of drug-likeness (QED) is 0.282. The molecule has 2 aliphatic rings. The third-order valence-electron chi connectivity index (χ3n) is 7.73. The van der Waals surface area contributed by atoms with E-state index in [0.29, 0.717) is 24.9 Å². The van der Waals surface area contributed by atoms with Gasteiger partial charge in [-0.1, -0.05) is 99.4 Å². The van der Waals surface area contributed by atoms with Crippen molar-refractivity contribution in [2.45, 2.75) is 77.2 Å². The van der Waals surface area contributed by atoms with Crippen LogP contribution in [0.1, 0.15) is 76.7 Å². The summed E-state index contributed by atoms with van der Waals surface area (Å²) < 4.78 is 4.96. The lowest BCUT2D eigenvalue weighted by molar-refractivity contribution is -0.131. The van der Waals surface area contributed by atoms with Crippen LogP contribution in [0.15, 0.2) is 66.8 Å². The number of aliphatic hydroxyl groups is 1. The molecule has 0 heterocycles. The molecule has 1 fully saturated rings. The Kier molecular flexibility index (Phi) is 16.7. The number of allylic oxidation sites excluding steroid dienone is 4. The van der Waals surface area contributed by atoms with Crippen LogP contribution in [0.2, 0.25) is 0 Å². The van der Waals surface area contributed by atoms with Crippen molar-refractivity contribution in [1.82, 2.24) is 10.2 Å². The third kappa shape index (κ3) is 11.7. The van der Waals surface area contributed by atoms with Crippen molar-refractivity contribution in [3.63, 3.8) is 0 Å². The Morgan fingerprint density at radius 1 is 1.05 bits per heavy atom. The molecule has 1 aromatic carbocycles. The van der Waals surface area contributed by atoms with Crippen LogP contribution in [0.4, 0.5) is 0 Å². The highest BCUT2D eigenvalue weighted by molar-refractivity contribution is 5.76. The van der Waals surface area contributed by atoms with Gasteiger partial charge in [0, 0.05) is 38.6 Å². The Hall–Kier alpha value is -2.21. The molecule has 0 aliphatic heterocycles. The van der Waals surface area contributed by atoms with E-state index in [1.165, 1.54) is 31.2 Å². The molecule has 5 nitrogen and oxygen atoms in total. The SMILES string of the molecule is CCCCCC(=O)N(CC)CCOC.OCC(NCC1CCCCC1c1ccccc1)C1C=CC=CC=C1. The number of nitrogens with one attached hydrogen (secondary N) is 1. The fourth-order valence-corrected chi connectivity index (χ4v) is 5.41. The number of hydrogen-bond donors (Lipinski definition) is 2. The maximum absolute atomic E-state index is 11.6. The number of ether oxygens (including phenoxy) is 1. The molecule has 0 saturated heterocycles. The topological polar surface area (TPSA) is 61.8 Å². The highest BCUT2D eigenvalue weighted by Gasteiger charge is 2.27. The summed E-state index contributed by atoms with van der Waals surface area (Å²) in [6.45, 7) is 7.44. The van der Waals surface area contributed by atoms with E-state index < -0.39 is 0 Å². The molecule has 0 aromatic heterocycles. The number of likely N-dealkylation sites (N-methyl/N-ethyl adjacent to an activating group) is 1. The summed E-state index contributed by atoms with van der Waals surface area (Å²) in [7, 11) is 1.66. The third-order valence-corrected chi connectivity index (χ3v) is 7.73. The number of methoxy groups -OCH3 is 1. The second kappa shape index (κ2) is 19.8. The molecule has 3 rings (SSSR count). The van der Waals surface area contributed by atoms with E-state index in [1.54, 1.807) is 7.11 Å². The van der Waals surface area contributed by atoms with E-state index in [4.69, 9.17) is 4.74 Å². The number of aliphatic hydroxyl groups excluding tert-OH is 1. The highest BCUT2D eigenvalue weighted by Crippen LogP contribution is 2.37. The van der Waals surface area contributed by atoms with Crippen LogP contribution in [-0.2, 0) is 9.53 Å². The second-order valence-corrected chi connectivity index (χ2v) is 10.4. The molecule has 5 heteroatoms. The van der Waals surface area contributed by atoms with Gasteiger partial charge in [-0.2, -0.15) is 0 Å². The predicted octanol–water partition coefficient (Wildman–Crippen LogP) is 6.27. The number of carbonyl (C=O) groups is 1. The van der Waals surface area contributed by atoms with Crippen molar-refractivity contribution in [2.75, 3.05) is 40.0 Å². The van der Waals surface area contributed by atoms with Crippen molar-refractivity contribution in [2.24, 2.45) is 11.8 Å². The number of benzene rings is 1. The first kappa shape index (κ1) is 32.0. The maximum Gasteiger partial charge on any atom is 0.222 e. The molecule has 38 heavy (non-hydrogen) atoms. The molecule has 1 amide bonds. The van der Waals surface area contributed by atoms with Gasteiger partial charge in [0.05, 0.1) is 13.2 Å². The van der Waals surface area contributed by atoms with Crippen LogP contribution in [-0.4, -0.2) is 61.9 Å². The van der Waals surface area contributed by atoms with Gasteiger partial charge in [-0.15, -0.1) is 0 Å². The monoisotopic (exact) mass is 524 g/mol. The minimum Gasteiger partial charge on any atom is -0.395 e. The molecule has 1 aromatic rings. The zero-order chi connectivity index (χ0) is 27.4. The predicted molar refractivity (Wildman–Crippen MR) is 159 cm³/mol. The lowest BCUT2D eigenvalue weighted by Gasteiger charge is -2.34. The van der Waals surface area contributed by atoms with Gasteiger partial charge in [0.2, 0.25) is 5.91 Å². The van der Waals surface area contributed by atoms with E-state index in [2.05, 4.69) is 66.9 Å². The average molecular weight is 525 g/mol. The van der Waals surface area contributed by atoms with E-state index in [-0.39, 0.29) is 24.5 Å². The van der Waals surface area contributed by atoms with Gasteiger partial charge in [-0.05, 0) is 50.1 Å². The van der Waals surface area contributed by atoms with Crippen LogP contribution in [0.5, 0.6) is 0 Å². The van der Waals surface area contributed by atoms with Crippen LogP contribution in [0, 0.1) is 11.8 Å². The fourth-order valence-electron chi connectivity index (χ4n) is 5.41. The van der Waals surface area contributed by atoms with E-state index in [9.17, 15) is 9.90 Å². The first-order valence-corrected chi connectivity index (χ1v) is 14.8. The normalized spacial score (nSPS) is 19.9. The van der Waals surface area contributed by atoms with Gasteiger partial charge in [-0.3, -0.25) is 4.79 Å². The van der Waals surface area contributed by atoms with Crippen molar-refractivity contribution in [3.8, 4) is 0 Å². The summed E-state index contributed by atoms with van der Waals surface area (Å²) in [5.74, 6) is 1.82. The molecule has 2 N–H and O–H groups in total. The van der Waals surface area contributed by atoms with Crippen molar-refractivity contribution in [3.05, 3.63) is 72.4 Å². The standard InChI is InChI=1S/C22H29NO.C11H23NO2/c24-17-22(19-12-4-1-2-5-13-19)23-16-20-14-8-9-15-21(20)18-10-6-3-7-11-18;1-4-6-7-8-11(13)12(5-2)9-10-14-3/h1-7,10-13,19-24H,8-9,14-17H2;4-10H2,1-3H3. The Morgan fingerprint density at radius 3 is 2.39 bits per heavy atom. The van der Waals surface area contributed by atoms with Crippen molar-refractivity contribution >= 4 is 5.91 Å². The number of nitrogens with zero attached hydrogens (tertiary/aromatic N) is 1. The fraction of sp³-hybridized carbons (Fsp3) is 0.606. The number of hydrogen-bond acceptors (Lipinski definition) is 4. The maximum atomic E-state index is 11.6. The molecule has 1 saturated carbocycles. The molecular weight excluding hydrogens is 472 g/mol. The summed E-state index contributed by atoms with van der Waals surface area (Å²) in [6.07, 6.45) is 21.8. The number of rotatable bonds is 14. The van der Waals surface area contributed by atoms with E-state index in [1.807, 2.05) is 24.0 Å². The zero-order valence-corrected chi connectivity index (χ0v) is 24.1. The minimum absolute atomic E-state index is 0.0933. The number of carbonyl (C=O) groups excluding carboxylic acids is 1. The molecule has 0 spiro atoms. The van der Waals surface area contributed by atoms with E-state index in [0.717, 1.165) is 38.9 Å². The van der Waals surface area contributed by atoms with Gasteiger partial charge >= 0.3 is 0 Å². The summed E-state index contributed by atoms with van der Waals surface area (Å²) >= 11 is 0. The Bertz CT molecular complexity index is 820. The minimum atomic E-state index is 0.0933. The van der Waals surface area contributed by atoms with Gasteiger partial charge in [0.15, 0.2) is 0 Å². The van der Waals surface area contributed by atoms with Crippen LogP contribution < -0.4 is 5.32 Å². The van der Waals surface area contributed by atoms with Crippen LogP contribution in [0.25, 0.3) is 0 Å². The number of amides is 1. The summed E-state index contributed by atoms with van der Waals surface area (Å²) in [5.41, 5.74) is 1.48. The molecule has 3 atom stereocenters. The van der Waals surface area contributed by atoms with Gasteiger partial charge in [0.1, 0.15) is 0 Å². The Balaban J connectivity index is 0.000000312. The molecule has 0 bridgehead atoms. The molecule has 0 radical (unpaired) electrons. The highest BCUT2D eigenvalue weighted by atomic mass is 16.5. The van der Waals surface area contributed by atoms with Gasteiger partial charge in [0.25, 0.3) is 0 Å². The van der Waals surface area contributed by atoms with Gasteiger partial charge in [-0.25, -0.2) is 0 Å². The largest absolute Gasteiger partial charge is 0.395 e. The van der Waals surface area contributed by atoms with Crippen molar-refractivity contribution in [1.29, 1.82) is 0 Å². The molecule has 2 aliphatic carbocycles. The summed E-state index contributed by atoms with van der Waals surface area (Å²) in [5, 5.41) is 13.5. The number of unbranched alkanes of at least 4 members (excludes halogenated alkanes) is 2. The Morgan fingerprint density at radius 2 is 1.76 bits per heavy atom. The van der Waals surface area contributed by atoms with E-state index >= 15 is 0 Å². The molecular formula is C33H52N2O3. The summed E-state index contributed by atoms with van der Waals surface area (Å²) in [6, 6.07) is 11.0. The lowest BCUT2D eigenvalue weighted by Crippen LogP contribution is -2.42. The van der Waals surface area contributed by atoms with Crippen LogP contribution in [0.3, 0.4) is 0 Å². The summed E-state index contributed by atoms with van der Waals surface area (Å²) in [4.78, 5) is 13.5. The van der Waals surface area contributed by atoms with Crippen LogP contribution >= 0.6 is 0 Å². The molecule has 212 valence electrons. The first-order valence-electron chi connectivity index (χ1n) is 14.8. The van der Waals surface area contributed by atoms with Gasteiger partial charge < -0.3 is 20.1 Å². The van der Waals surface area contributed by atoms with Crippen molar-refractivity contribution < 1.29 is 14.6 Å².